The zero-order chi connectivity index (χ0) is 15.1. The lowest BCUT2D eigenvalue weighted by Crippen LogP contribution is -2.11. The van der Waals surface area contributed by atoms with E-state index >= 15 is 0 Å². The molecule has 0 unspecified atom stereocenters. The van der Waals surface area contributed by atoms with Crippen molar-refractivity contribution >= 4 is 28.5 Å². The number of aromatic nitrogens is 4. The Morgan fingerprint density at radius 3 is 2.77 bits per heavy atom. The number of halogens is 1. The van der Waals surface area contributed by atoms with Crippen molar-refractivity contribution < 1.29 is 4.74 Å². The van der Waals surface area contributed by atoms with Crippen LogP contribution in [0.4, 0.5) is 5.82 Å². The maximum atomic E-state index is 6.07. The van der Waals surface area contributed by atoms with E-state index in [4.69, 9.17) is 27.2 Å². The number of hydrogen-bond acceptors (Lipinski definition) is 5. The lowest BCUT2D eigenvalue weighted by atomic mass is 10.1. The first-order valence-corrected chi connectivity index (χ1v) is 7.44. The summed E-state index contributed by atoms with van der Waals surface area (Å²) < 4.78 is 7.38. The molecule has 3 heterocycles. The second-order valence-electron chi connectivity index (χ2n) is 5.27. The van der Waals surface area contributed by atoms with Crippen molar-refractivity contribution in [2.24, 2.45) is 0 Å². The Hall–Kier alpha value is -2.18. The van der Waals surface area contributed by atoms with Gasteiger partial charge < -0.3 is 10.5 Å². The van der Waals surface area contributed by atoms with Crippen LogP contribution in [-0.4, -0.2) is 33.0 Å². The summed E-state index contributed by atoms with van der Waals surface area (Å²) in [5, 5.41) is 6.20. The zero-order valence-corrected chi connectivity index (χ0v) is 12.5. The predicted octanol–water partition coefficient (Wildman–Crippen LogP) is 2.69. The van der Waals surface area contributed by atoms with Crippen LogP contribution in [0.25, 0.3) is 22.3 Å². The minimum atomic E-state index is 0.179. The molecule has 1 fully saturated rings. The first-order chi connectivity index (χ1) is 10.7. The molecule has 1 aliphatic heterocycles. The summed E-state index contributed by atoms with van der Waals surface area (Å²) in [4.78, 5) is 8.49. The summed E-state index contributed by atoms with van der Waals surface area (Å²) in [6.07, 6.45) is 2.39. The van der Waals surface area contributed by atoms with Crippen molar-refractivity contribution in [2.75, 3.05) is 18.9 Å². The molecule has 0 amide bonds. The molecular formula is C15H14ClN5O. The summed E-state index contributed by atoms with van der Waals surface area (Å²) in [6.45, 7) is 1.38. The predicted molar refractivity (Wildman–Crippen MR) is 84.7 cm³/mol. The fourth-order valence-corrected chi connectivity index (χ4v) is 2.90. The Kier molecular flexibility index (Phi) is 3.20. The van der Waals surface area contributed by atoms with Gasteiger partial charge in [-0.25, -0.2) is 14.6 Å². The average molecular weight is 316 g/mol. The first kappa shape index (κ1) is 13.5. The van der Waals surface area contributed by atoms with Gasteiger partial charge in [0.2, 0.25) is 0 Å². The monoisotopic (exact) mass is 315 g/mol. The Bertz CT molecular complexity index is 824. The second kappa shape index (κ2) is 5.23. The molecule has 4 rings (SSSR count). The van der Waals surface area contributed by atoms with Gasteiger partial charge in [0.15, 0.2) is 5.65 Å². The van der Waals surface area contributed by atoms with Crippen molar-refractivity contribution in [1.29, 1.82) is 0 Å². The normalized spacial score (nSPS) is 18.1. The van der Waals surface area contributed by atoms with Crippen LogP contribution in [0.1, 0.15) is 12.5 Å². The van der Waals surface area contributed by atoms with Gasteiger partial charge in [0.1, 0.15) is 17.8 Å². The van der Waals surface area contributed by atoms with E-state index in [0.29, 0.717) is 17.4 Å². The Labute approximate surface area is 131 Å². The number of rotatable bonds is 2. The molecule has 2 N–H and O–H groups in total. The molecular weight excluding hydrogens is 302 g/mol. The number of fused-ring (bicyclic) bond motifs is 1. The molecule has 7 heteroatoms. The fraction of sp³-hybridized carbons (Fsp3) is 0.267. The van der Waals surface area contributed by atoms with Gasteiger partial charge in [0.05, 0.1) is 18.0 Å². The van der Waals surface area contributed by atoms with E-state index < -0.39 is 0 Å². The molecule has 0 aliphatic carbocycles. The van der Waals surface area contributed by atoms with Crippen molar-refractivity contribution in [1.82, 2.24) is 19.7 Å². The average Bonchev–Trinajstić information content (AvgIpc) is 3.15. The molecule has 0 radical (unpaired) electrons. The van der Waals surface area contributed by atoms with Gasteiger partial charge in [-0.15, -0.1) is 0 Å². The van der Waals surface area contributed by atoms with E-state index in [-0.39, 0.29) is 6.04 Å². The maximum absolute atomic E-state index is 6.07. The molecule has 0 saturated carbocycles. The smallest absolute Gasteiger partial charge is 0.164 e. The van der Waals surface area contributed by atoms with Gasteiger partial charge in [-0.05, 0) is 18.6 Å². The molecule has 0 bridgehead atoms. The molecule has 6 nitrogen and oxygen atoms in total. The number of anilines is 1. The molecule has 112 valence electrons. The first-order valence-electron chi connectivity index (χ1n) is 7.06. The zero-order valence-electron chi connectivity index (χ0n) is 11.7. The number of hydrogen-bond donors (Lipinski definition) is 1. The number of benzene rings is 1. The van der Waals surface area contributed by atoms with Crippen LogP contribution in [0.3, 0.4) is 0 Å². The van der Waals surface area contributed by atoms with Gasteiger partial charge in [-0.2, -0.15) is 5.10 Å². The van der Waals surface area contributed by atoms with Gasteiger partial charge in [-0.3, -0.25) is 0 Å². The van der Waals surface area contributed by atoms with Gasteiger partial charge in [0, 0.05) is 17.2 Å². The van der Waals surface area contributed by atoms with Crippen LogP contribution in [-0.2, 0) is 4.74 Å². The third-order valence-electron chi connectivity index (χ3n) is 3.89. The minimum Gasteiger partial charge on any atom is -0.383 e. The SMILES string of the molecule is Nc1ncnc2c1c(-c1ccc(Cl)cc1)nn2[C@H]1CCOC1. The van der Waals surface area contributed by atoms with E-state index in [1.165, 1.54) is 6.33 Å². The summed E-state index contributed by atoms with van der Waals surface area (Å²) in [5.41, 5.74) is 8.53. The van der Waals surface area contributed by atoms with Gasteiger partial charge >= 0.3 is 0 Å². The molecule has 1 saturated heterocycles. The third kappa shape index (κ3) is 2.12. The summed E-state index contributed by atoms with van der Waals surface area (Å²) in [6, 6.07) is 7.69. The van der Waals surface area contributed by atoms with Crippen molar-refractivity contribution in [3.05, 3.63) is 35.6 Å². The molecule has 0 spiro atoms. The van der Waals surface area contributed by atoms with Crippen molar-refractivity contribution in [3.8, 4) is 11.3 Å². The van der Waals surface area contributed by atoms with E-state index in [1.807, 2.05) is 28.9 Å². The van der Waals surface area contributed by atoms with Crippen LogP contribution < -0.4 is 5.73 Å². The molecule has 1 atom stereocenters. The van der Waals surface area contributed by atoms with Crippen LogP contribution in [0.5, 0.6) is 0 Å². The van der Waals surface area contributed by atoms with Crippen LogP contribution in [0, 0.1) is 0 Å². The maximum Gasteiger partial charge on any atom is 0.164 e. The van der Waals surface area contributed by atoms with E-state index in [2.05, 4.69) is 9.97 Å². The summed E-state index contributed by atoms with van der Waals surface area (Å²) >= 11 is 5.97. The number of nitrogens with two attached hydrogens (primary N) is 1. The van der Waals surface area contributed by atoms with Gasteiger partial charge in [0.25, 0.3) is 0 Å². The van der Waals surface area contributed by atoms with Crippen molar-refractivity contribution in [2.45, 2.75) is 12.5 Å². The highest BCUT2D eigenvalue weighted by molar-refractivity contribution is 6.30. The molecule has 1 aliphatic rings. The number of ether oxygens (including phenoxy) is 1. The van der Waals surface area contributed by atoms with E-state index in [1.54, 1.807) is 0 Å². The summed E-state index contributed by atoms with van der Waals surface area (Å²) in [7, 11) is 0. The lowest BCUT2D eigenvalue weighted by molar-refractivity contribution is 0.185. The Morgan fingerprint density at radius 1 is 1.23 bits per heavy atom. The molecule has 3 aromatic rings. The Morgan fingerprint density at radius 2 is 2.05 bits per heavy atom. The second-order valence-corrected chi connectivity index (χ2v) is 5.71. The number of nitrogen functional groups attached to an aromatic ring is 1. The highest BCUT2D eigenvalue weighted by Gasteiger charge is 2.24. The standard InChI is InChI=1S/C15H14ClN5O/c16-10-3-1-9(2-4-10)13-12-14(17)18-8-19-15(12)21(20-13)11-5-6-22-7-11/h1-4,8,11H,5-7H2,(H2,17,18,19)/t11-/m0/s1. The van der Waals surface area contributed by atoms with Crippen LogP contribution >= 0.6 is 11.6 Å². The van der Waals surface area contributed by atoms with E-state index in [9.17, 15) is 0 Å². The highest BCUT2D eigenvalue weighted by atomic mass is 35.5. The lowest BCUT2D eigenvalue weighted by Gasteiger charge is -2.08. The number of nitrogens with zero attached hydrogens (tertiary/aromatic N) is 4. The van der Waals surface area contributed by atoms with Crippen molar-refractivity contribution in [3.63, 3.8) is 0 Å². The largest absolute Gasteiger partial charge is 0.383 e. The molecule has 2 aromatic heterocycles. The topological polar surface area (TPSA) is 78.9 Å². The van der Waals surface area contributed by atoms with Crippen LogP contribution in [0.2, 0.25) is 5.02 Å². The quantitative estimate of drug-likeness (QED) is 0.786. The fourth-order valence-electron chi connectivity index (χ4n) is 2.77. The van der Waals surface area contributed by atoms with E-state index in [0.717, 1.165) is 35.3 Å². The minimum absolute atomic E-state index is 0.179. The Balaban J connectivity index is 1.95. The van der Waals surface area contributed by atoms with Crippen LogP contribution in [0.15, 0.2) is 30.6 Å². The molecule has 1 aromatic carbocycles. The third-order valence-corrected chi connectivity index (χ3v) is 4.14. The summed E-state index contributed by atoms with van der Waals surface area (Å²) in [5.74, 6) is 0.431. The highest BCUT2D eigenvalue weighted by Crippen LogP contribution is 2.33. The van der Waals surface area contributed by atoms with Gasteiger partial charge in [-0.1, -0.05) is 23.7 Å². The molecule has 22 heavy (non-hydrogen) atoms.